The maximum atomic E-state index is 11.0. The fraction of sp³-hybridized carbons (Fsp3) is 0.727. The molecule has 0 radical (unpaired) electrons. The number of aliphatic hydroxyl groups is 1. The van der Waals surface area contributed by atoms with E-state index in [1.807, 2.05) is 0 Å². The van der Waals surface area contributed by atoms with E-state index in [9.17, 15) is 9.90 Å². The number of amides is 1. The highest BCUT2D eigenvalue weighted by molar-refractivity contribution is 5.86. The molecule has 3 heteroatoms. The Balaban J connectivity index is 2.43. The first-order chi connectivity index (χ1) is 6.72. The van der Waals surface area contributed by atoms with Gasteiger partial charge in [0, 0.05) is 12.0 Å². The monoisotopic (exact) mass is 197 g/mol. The van der Waals surface area contributed by atoms with Gasteiger partial charge in [-0.05, 0) is 18.9 Å². The maximum Gasteiger partial charge on any atom is 0.243 e. The third kappa shape index (κ3) is 2.84. The smallest absolute Gasteiger partial charge is 0.243 e. The third-order valence-corrected chi connectivity index (χ3v) is 3.07. The minimum Gasteiger partial charge on any atom is -0.396 e. The fourth-order valence-corrected chi connectivity index (χ4v) is 2.04. The van der Waals surface area contributed by atoms with Crippen LogP contribution in [0, 0.1) is 5.41 Å². The average molecular weight is 197 g/mol. The minimum atomic E-state index is -0.150. The van der Waals surface area contributed by atoms with Crippen molar-refractivity contribution in [3.63, 3.8) is 0 Å². The summed E-state index contributed by atoms with van der Waals surface area (Å²) in [4.78, 5) is 11.0. The Morgan fingerprint density at radius 1 is 1.43 bits per heavy atom. The summed E-state index contributed by atoms with van der Waals surface area (Å²) < 4.78 is 0. The van der Waals surface area contributed by atoms with Crippen molar-refractivity contribution in [2.45, 2.75) is 32.1 Å². The van der Waals surface area contributed by atoms with Crippen LogP contribution in [-0.2, 0) is 4.79 Å². The summed E-state index contributed by atoms with van der Waals surface area (Å²) in [5.41, 5.74) is -0.0725. The Hall–Kier alpha value is -0.830. The molecule has 0 aromatic carbocycles. The van der Waals surface area contributed by atoms with E-state index >= 15 is 0 Å². The van der Waals surface area contributed by atoms with E-state index in [0.717, 1.165) is 25.7 Å². The number of hydrogen-bond acceptors (Lipinski definition) is 2. The Labute approximate surface area is 85.2 Å². The van der Waals surface area contributed by atoms with Crippen LogP contribution >= 0.6 is 0 Å². The van der Waals surface area contributed by atoms with Gasteiger partial charge in [0.25, 0.3) is 0 Å². The van der Waals surface area contributed by atoms with Crippen LogP contribution in [-0.4, -0.2) is 24.2 Å². The molecular formula is C11H19NO2. The number of carbonyl (C=O) groups is 1. The van der Waals surface area contributed by atoms with Crippen LogP contribution in [0.15, 0.2) is 12.7 Å². The fourth-order valence-electron chi connectivity index (χ4n) is 2.04. The summed E-state index contributed by atoms with van der Waals surface area (Å²) in [5.74, 6) is -0.150. The summed E-state index contributed by atoms with van der Waals surface area (Å²) in [6.45, 7) is 4.15. The average Bonchev–Trinajstić information content (AvgIpc) is 2.27. The summed E-state index contributed by atoms with van der Waals surface area (Å²) in [5, 5.41) is 12.1. The van der Waals surface area contributed by atoms with Crippen molar-refractivity contribution < 1.29 is 9.90 Å². The molecule has 3 nitrogen and oxygen atoms in total. The summed E-state index contributed by atoms with van der Waals surface area (Å²) >= 11 is 0. The first-order valence-corrected chi connectivity index (χ1v) is 5.24. The molecule has 1 aliphatic rings. The van der Waals surface area contributed by atoms with Crippen LogP contribution in [0.4, 0.5) is 0 Å². The van der Waals surface area contributed by atoms with Gasteiger partial charge in [-0.25, -0.2) is 0 Å². The number of rotatable bonds is 4. The number of hydrogen-bond donors (Lipinski definition) is 2. The predicted molar refractivity (Wildman–Crippen MR) is 55.8 cm³/mol. The second kappa shape index (κ2) is 5.15. The molecule has 1 saturated carbocycles. The standard InChI is InChI=1S/C11H19NO2/c1-2-10(14)12-8-11(9-13)6-4-3-5-7-11/h2,13H,1,3-9H2,(H,12,14). The first-order valence-electron chi connectivity index (χ1n) is 5.24. The van der Waals surface area contributed by atoms with Crippen LogP contribution < -0.4 is 5.32 Å². The van der Waals surface area contributed by atoms with Gasteiger partial charge >= 0.3 is 0 Å². The van der Waals surface area contributed by atoms with E-state index < -0.39 is 0 Å². The molecule has 1 aliphatic carbocycles. The lowest BCUT2D eigenvalue weighted by Crippen LogP contribution is -2.40. The quantitative estimate of drug-likeness (QED) is 0.666. The van der Waals surface area contributed by atoms with E-state index in [-0.39, 0.29) is 17.9 Å². The Morgan fingerprint density at radius 3 is 2.57 bits per heavy atom. The molecule has 0 spiro atoms. The van der Waals surface area contributed by atoms with E-state index in [4.69, 9.17) is 0 Å². The molecule has 0 saturated heterocycles. The van der Waals surface area contributed by atoms with Gasteiger partial charge in [0.05, 0.1) is 6.61 Å². The van der Waals surface area contributed by atoms with E-state index in [1.54, 1.807) is 0 Å². The van der Waals surface area contributed by atoms with Crippen molar-refractivity contribution in [3.8, 4) is 0 Å². The van der Waals surface area contributed by atoms with Crippen LogP contribution in [0.3, 0.4) is 0 Å². The summed E-state index contributed by atoms with van der Waals surface area (Å²) in [6.07, 6.45) is 6.86. The van der Waals surface area contributed by atoms with Gasteiger partial charge in [-0.15, -0.1) is 0 Å². The molecule has 0 aromatic rings. The Morgan fingerprint density at radius 2 is 2.07 bits per heavy atom. The van der Waals surface area contributed by atoms with Crippen molar-refractivity contribution in [3.05, 3.63) is 12.7 Å². The van der Waals surface area contributed by atoms with E-state index in [0.29, 0.717) is 6.54 Å². The molecule has 1 fully saturated rings. The molecule has 80 valence electrons. The van der Waals surface area contributed by atoms with Crippen LogP contribution in [0.25, 0.3) is 0 Å². The topological polar surface area (TPSA) is 49.3 Å². The Bertz CT molecular complexity index is 207. The molecule has 0 unspecified atom stereocenters. The molecule has 14 heavy (non-hydrogen) atoms. The van der Waals surface area contributed by atoms with Gasteiger partial charge in [-0.2, -0.15) is 0 Å². The molecule has 0 heterocycles. The molecule has 0 aliphatic heterocycles. The number of aliphatic hydroxyl groups excluding tert-OH is 1. The molecule has 0 bridgehead atoms. The second-order valence-corrected chi connectivity index (χ2v) is 4.14. The largest absolute Gasteiger partial charge is 0.396 e. The first kappa shape index (κ1) is 11.2. The summed E-state index contributed by atoms with van der Waals surface area (Å²) in [7, 11) is 0. The van der Waals surface area contributed by atoms with Crippen LogP contribution in [0.5, 0.6) is 0 Å². The zero-order valence-electron chi connectivity index (χ0n) is 8.59. The highest BCUT2D eigenvalue weighted by Crippen LogP contribution is 2.35. The van der Waals surface area contributed by atoms with Crippen molar-refractivity contribution in [1.29, 1.82) is 0 Å². The minimum absolute atomic E-state index is 0.0725. The SMILES string of the molecule is C=CC(=O)NCC1(CO)CCCCC1. The zero-order chi connectivity index (χ0) is 10.4. The molecule has 1 rings (SSSR count). The third-order valence-electron chi connectivity index (χ3n) is 3.07. The van der Waals surface area contributed by atoms with Gasteiger partial charge in [0.15, 0.2) is 0 Å². The highest BCUT2D eigenvalue weighted by atomic mass is 16.3. The second-order valence-electron chi connectivity index (χ2n) is 4.14. The zero-order valence-corrected chi connectivity index (χ0v) is 8.59. The van der Waals surface area contributed by atoms with Crippen LogP contribution in [0.1, 0.15) is 32.1 Å². The van der Waals surface area contributed by atoms with Gasteiger partial charge in [-0.3, -0.25) is 4.79 Å². The van der Waals surface area contributed by atoms with Crippen molar-refractivity contribution in [2.24, 2.45) is 5.41 Å². The summed E-state index contributed by atoms with van der Waals surface area (Å²) in [6, 6.07) is 0. The number of carbonyl (C=O) groups excluding carboxylic acids is 1. The van der Waals surface area contributed by atoms with Crippen molar-refractivity contribution >= 4 is 5.91 Å². The molecule has 1 amide bonds. The van der Waals surface area contributed by atoms with Crippen LogP contribution in [0.2, 0.25) is 0 Å². The Kier molecular flexibility index (Phi) is 4.14. The molecule has 0 aromatic heterocycles. The lowest BCUT2D eigenvalue weighted by atomic mass is 9.74. The maximum absolute atomic E-state index is 11.0. The predicted octanol–water partition coefficient (Wildman–Crippen LogP) is 1.23. The van der Waals surface area contributed by atoms with Gasteiger partial charge < -0.3 is 10.4 Å². The normalized spacial score (nSPS) is 20.1. The lowest BCUT2D eigenvalue weighted by Gasteiger charge is -2.35. The lowest BCUT2D eigenvalue weighted by molar-refractivity contribution is -0.117. The van der Waals surface area contributed by atoms with Crippen molar-refractivity contribution in [2.75, 3.05) is 13.2 Å². The van der Waals surface area contributed by atoms with E-state index in [2.05, 4.69) is 11.9 Å². The number of nitrogens with one attached hydrogen (secondary N) is 1. The molecule has 0 atom stereocenters. The molecular weight excluding hydrogens is 178 g/mol. The highest BCUT2D eigenvalue weighted by Gasteiger charge is 2.31. The van der Waals surface area contributed by atoms with Gasteiger partial charge in [0.2, 0.25) is 5.91 Å². The van der Waals surface area contributed by atoms with Gasteiger partial charge in [0.1, 0.15) is 0 Å². The molecule has 2 N–H and O–H groups in total. The van der Waals surface area contributed by atoms with E-state index in [1.165, 1.54) is 12.5 Å². The van der Waals surface area contributed by atoms with Crippen molar-refractivity contribution in [1.82, 2.24) is 5.32 Å². The van der Waals surface area contributed by atoms with Gasteiger partial charge in [-0.1, -0.05) is 25.8 Å².